The first kappa shape index (κ1) is 24.3. The summed E-state index contributed by atoms with van der Waals surface area (Å²) in [6, 6.07) is 15.7. The number of nitrogens with zero attached hydrogens (tertiary/aromatic N) is 2. The SMILES string of the molecule is CN=C(NCCc1ccccc1Cl)NCc1cccc(NC(=O)N2CCCC2)c1.I. The Morgan fingerprint density at radius 1 is 1.10 bits per heavy atom. The summed E-state index contributed by atoms with van der Waals surface area (Å²) >= 11 is 6.20. The highest BCUT2D eigenvalue weighted by atomic mass is 127. The summed E-state index contributed by atoms with van der Waals surface area (Å²) in [5, 5.41) is 10.4. The molecule has 1 heterocycles. The quantitative estimate of drug-likeness (QED) is 0.287. The van der Waals surface area contributed by atoms with Crippen molar-refractivity contribution in [3.63, 3.8) is 0 Å². The molecule has 0 atom stereocenters. The van der Waals surface area contributed by atoms with Crippen molar-refractivity contribution in [3.05, 3.63) is 64.7 Å². The molecule has 0 bridgehead atoms. The molecular weight excluding hydrogens is 513 g/mol. The zero-order valence-electron chi connectivity index (χ0n) is 17.2. The van der Waals surface area contributed by atoms with Crippen LogP contribution in [0.3, 0.4) is 0 Å². The zero-order chi connectivity index (χ0) is 20.5. The number of anilines is 1. The van der Waals surface area contributed by atoms with Gasteiger partial charge in [-0.25, -0.2) is 4.79 Å². The van der Waals surface area contributed by atoms with E-state index in [1.165, 1.54) is 0 Å². The number of halogens is 2. The average molecular weight is 542 g/mol. The third-order valence-corrected chi connectivity index (χ3v) is 5.27. The Morgan fingerprint density at radius 2 is 1.87 bits per heavy atom. The van der Waals surface area contributed by atoms with Crippen LogP contribution < -0.4 is 16.0 Å². The van der Waals surface area contributed by atoms with Gasteiger partial charge in [-0.1, -0.05) is 41.9 Å². The van der Waals surface area contributed by atoms with Crippen molar-refractivity contribution in [1.29, 1.82) is 0 Å². The van der Waals surface area contributed by atoms with Gasteiger partial charge in [0, 0.05) is 43.9 Å². The van der Waals surface area contributed by atoms with Crippen molar-refractivity contribution < 1.29 is 4.79 Å². The molecule has 30 heavy (non-hydrogen) atoms. The fourth-order valence-electron chi connectivity index (χ4n) is 3.30. The maximum Gasteiger partial charge on any atom is 0.321 e. The number of guanidine groups is 1. The van der Waals surface area contributed by atoms with E-state index in [-0.39, 0.29) is 30.0 Å². The van der Waals surface area contributed by atoms with E-state index >= 15 is 0 Å². The Bertz CT molecular complexity index is 855. The molecule has 2 aromatic rings. The summed E-state index contributed by atoms with van der Waals surface area (Å²) < 4.78 is 0. The molecule has 1 saturated heterocycles. The Labute approximate surface area is 200 Å². The van der Waals surface area contributed by atoms with Crippen LogP contribution in [0.25, 0.3) is 0 Å². The predicted molar refractivity (Wildman–Crippen MR) is 135 cm³/mol. The molecular formula is C22H29ClIN5O. The molecule has 1 aliphatic rings. The molecule has 0 saturated carbocycles. The maximum atomic E-state index is 12.3. The minimum Gasteiger partial charge on any atom is -0.356 e. The lowest BCUT2D eigenvalue weighted by molar-refractivity contribution is 0.222. The Balaban J connectivity index is 0.00000320. The molecule has 0 aromatic heterocycles. The highest BCUT2D eigenvalue weighted by Gasteiger charge is 2.17. The molecule has 3 rings (SSSR count). The first-order valence-electron chi connectivity index (χ1n) is 9.98. The number of urea groups is 1. The highest BCUT2D eigenvalue weighted by molar-refractivity contribution is 14.0. The zero-order valence-corrected chi connectivity index (χ0v) is 20.2. The number of carbonyl (C=O) groups is 1. The van der Waals surface area contributed by atoms with Gasteiger partial charge in [0.05, 0.1) is 0 Å². The van der Waals surface area contributed by atoms with E-state index in [4.69, 9.17) is 11.6 Å². The number of hydrogen-bond acceptors (Lipinski definition) is 2. The van der Waals surface area contributed by atoms with Crippen molar-refractivity contribution in [2.24, 2.45) is 4.99 Å². The molecule has 1 aliphatic heterocycles. The fraction of sp³-hybridized carbons (Fsp3) is 0.364. The van der Waals surface area contributed by atoms with Gasteiger partial charge in [-0.15, -0.1) is 24.0 Å². The molecule has 2 aromatic carbocycles. The van der Waals surface area contributed by atoms with E-state index in [1.54, 1.807) is 7.05 Å². The summed E-state index contributed by atoms with van der Waals surface area (Å²) in [5.41, 5.74) is 2.99. The second-order valence-electron chi connectivity index (χ2n) is 7.02. The fourth-order valence-corrected chi connectivity index (χ4v) is 3.54. The first-order valence-corrected chi connectivity index (χ1v) is 10.4. The van der Waals surface area contributed by atoms with Gasteiger partial charge in [-0.05, 0) is 48.6 Å². The summed E-state index contributed by atoms with van der Waals surface area (Å²) in [6.07, 6.45) is 2.98. The topological polar surface area (TPSA) is 68.8 Å². The van der Waals surface area contributed by atoms with Crippen LogP contribution >= 0.6 is 35.6 Å². The van der Waals surface area contributed by atoms with Crippen LogP contribution in [0.1, 0.15) is 24.0 Å². The van der Waals surface area contributed by atoms with Gasteiger partial charge >= 0.3 is 6.03 Å². The monoisotopic (exact) mass is 541 g/mol. The van der Waals surface area contributed by atoms with Crippen LogP contribution in [0.15, 0.2) is 53.5 Å². The van der Waals surface area contributed by atoms with Crippen LogP contribution in [-0.4, -0.2) is 43.6 Å². The van der Waals surface area contributed by atoms with E-state index in [0.29, 0.717) is 6.54 Å². The van der Waals surface area contributed by atoms with Crippen LogP contribution in [0.4, 0.5) is 10.5 Å². The number of likely N-dealkylation sites (tertiary alicyclic amines) is 1. The molecule has 6 nitrogen and oxygen atoms in total. The van der Waals surface area contributed by atoms with E-state index in [1.807, 2.05) is 53.4 Å². The van der Waals surface area contributed by atoms with Gasteiger partial charge in [0.2, 0.25) is 0 Å². The van der Waals surface area contributed by atoms with Crippen LogP contribution in [-0.2, 0) is 13.0 Å². The summed E-state index contributed by atoms with van der Waals surface area (Å²) in [5.74, 6) is 0.726. The number of nitrogens with one attached hydrogen (secondary N) is 3. The molecule has 0 unspecified atom stereocenters. The Morgan fingerprint density at radius 3 is 2.60 bits per heavy atom. The number of amides is 2. The van der Waals surface area contributed by atoms with Crippen molar-refractivity contribution >= 4 is 53.3 Å². The number of carbonyl (C=O) groups excluding carboxylic acids is 1. The summed E-state index contributed by atoms with van der Waals surface area (Å²) in [6.45, 7) is 3.01. The summed E-state index contributed by atoms with van der Waals surface area (Å²) in [7, 11) is 1.75. The van der Waals surface area contributed by atoms with Crippen LogP contribution in [0.5, 0.6) is 0 Å². The molecule has 0 spiro atoms. The Hall–Kier alpha value is -2.00. The first-order chi connectivity index (χ1) is 14.2. The molecule has 3 N–H and O–H groups in total. The maximum absolute atomic E-state index is 12.3. The van der Waals surface area contributed by atoms with E-state index in [0.717, 1.165) is 66.7 Å². The lowest BCUT2D eigenvalue weighted by Gasteiger charge is -2.17. The number of hydrogen-bond donors (Lipinski definition) is 3. The number of aliphatic imine (C=N–C) groups is 1. The molecule has 1 fully saturated rings. The van der Waals surface area contributed by atoms with E-state index in [9.17, 15) is 4.79 Å². The largest absolute Gasteiger partial charge is 0.356 e. The minimum absolute atomic E-state index is 0. The predicted octanol–water partition coefficient (Wildman–Crippen LogP) is 4.49. The van der Waals surface area contributed by atoms with Crippen molar-refractivity contribution in [1.82, 2.24) is 15.5 Å². The van der Waals surface area contributed by atoms with Gasteiger partial charge < -0.3 is 20.9 Å². The van der Waals surface area contributed by atoms with Gasteiger partial charge in [0.15, 0.2) is 5.96 Å². The molecule has 8 heteroatoms. The van der Waals surface area contributed by atoms with Crippen LogP contribution in [0.2, 0.25) is 5.02 Å². The molecule has 2 amide bonds. The number of rotatable bonds is 6. The lowest BCUT2D eigenvalue weighted by Crippen LogP contribution is -2.37. The third-order valence-electron chi connectivity index (χ3n) is 4.90. The van der Waals surface area contributed by atoms with Crippen molar-refractivity contribution in [2.75, 3.05) is 32.0 Å². The highest BCUT2D eigenvalue weighted by Crippen LogP contribution is 2.15. The molecule has 162 valence electrons. The van der Waals surface area contributed by atoms with Gasteiger partial charge in [0.25, 0.3) is 0 Å². The second-order valence-corrected chi connectivity index (χ2v) is 7.43. The van der Waals surface area contributed by atoms with Crippen LogP contribution in [0, 0.1) is 0 Å². The second kappa shape index (κ2) is 12.6. The molecule has 0 aliphatic carbocycles. The Kier molecular flexibility index (Phi) is 10.2. The van der Waals surface area contributed by atoms with E-state index in [2.05, 4.69) is 20.9 Å². The molecule has 0 radical (unpaired) electrons. The lowest BCUT2D eigenvalue weighted by atomic mass is 10.1. The normalized spacial score (nSPS) is 13.5. The standard InChI is InChI=1S/C22H28ClN5O.HI/c1-24-21(25-12-11-18-8-2-3-10-20(18)23)26-16-17-7-6-9-19(15-17)27-22(29)28-13-4-5-14-28;/h2-3,6-10,15H,4-5,11-14,16H2,1H3,(H,27,29)(H2,24,25,26);1H. The van der Waals surface area contributed by atoms with Gasteiger partial charge in [-0.2, -0.15) is 0 Å². The van der Waals surface area contributed by atoms with Gasteiger partial charge in [-0.3, -0.25) is 4.99 Å². The van der Waals surface area contributed by atoms with Crippen molar-refractivity contribution in [3.8, 4) is 0 Å². The van der Waals surface area contributed by atoms with Crippen molar-refractivity contribution in [2.45, 2.75) is 25.8 Å². The third kappa shape index (κ3) is 7.36. The summed E-state index contributed by atoms with van der Waals surface area (Å²) in [4.78, 5) is 18.4. The minimum atomic E-state index is -0.0235. The smallest absolute Gasteiger partial charge is 0.321 e. The average Bonchev–Trinajstić information content (AvgIpc) is 3.27. The van der Waals surface area contributed by atoms with Gasteiger partial charge in [0.1, 0.15) is 0 Å². The van der Waals surface area contributed by atoms with E-state index < -0.39 is 0 Å². The number of benzene rings is 2.